The molecule has 14 heavy (non-hydrogen) atoms. The van der Waals surface area contributed by atoms with Gasteiger partial charge in [0.2, 0.25) is 0 Å². The lowest BCUT2D eigenvalue weighted by molar-refractivity contribution is -0.107. The summed E-state index contributed by atoms with van der Waals surface area (Å²) < 4.78 is 0. The molecule has 0 fully saturated rings. The van der Waals surface area contributed by atoms with E-state index in [2.05, 4.69) is 13.0 Å². The molecule has 0 saturated carbocycles. The molecule has 1 aliphatic carbocycles. The van der Waals surface area contributed by atoms with E-state index >= 15 is 0 Å². The summed E-state index contributed by atoms with van der Waals surface area (Å²) in [5.41, 5.74) is 1.52. The quantitative estimate of drug-likeness (QED) is 0.357. The Hall–Kier alpha value is -0.590. The number of carbonyl (C=O) groups excluding carboxylic acids is 1. The first-order valence-corrected chi connectivity index (χ1v) is 5.98. The largest absolute Gasteiger partial charge is 0.303 e. The van der Waals surface area contributed by atoms with Crippen molar-refractivity contribution in [3.05, 3.63) is 11.6 Å². The van der Waals surface area contributed by atoms with Crippen LogP contribution in [0.1, 0.15) is 58.3 Å². The fourth-order valence-electron chi connectivity index (χ4n) is 2.17. The molecule has 1 rings (SSSR count). The summed E-state index contributed by atoms with van der Waals surface area (Å²) in [5.74, 6) is 0.926. The zero-order chi connectivity index (χ0) is 10.2. The first-order chi connectivity index (χ1) is 6.86. The molecule has 1 unspecified atom stereocenters. The third-order valence-electron chi connectivity index (χ3n) is 3.16. The molecule has 0 bridgehead atoms. The molecule has 0 aromatic rings. The van der Waals surface area contributed by atoms with E-state index in [9.17, 15) is 4.79 Å². The van der Waals surface area contributed by atoms with Crippen LogP contribution in [-0.2, 0) is 4.79 Å². The van der Waals surface area contributed by atoms with Crippen LogP contribution in [0.2, 0.25) is 0 Å². The van der Waals surface area contributed by atoms with Crippen LogP contribution in [0.3, 0.4) is 0 Å². The van der Waals surface area contributed by atoms with E-state index in [1.807, 2.05) is 0 Å². The Morgan fingerprint density at radius 1 is 1.57 bits per heavy atom. The van der Waals surface area contributed by atoms with Crippen molar-refractivity contribution in [2.75, 3.05) is 0 Å². The number of hydrogen-bond donors (Lipinski definition) is 0. The monoisotopic (exact) mass is 195 g/mol. The number of allylic oxidation sites excluding steroid dienone is 2. The van der Waals surface area contributed by atoms with Gasteiger partial charge in [0, 0.05) is 6.42 Å². The van der Waals surface area contributed by atoms with Crippen LogP contribution in [0.15, 0.2) is 11.6 Å². The van der Waals surface area contributed by atoms with Gasteiger partial charge in [0.15, 0.2) is 0 Å². The second-order valence-corrected chi connectivity index (χ2v) is 4.35. The van der Waals surface area contributed by atoms with Crippen molar-refractivity contribution in [2.45, 2.75) is 58.3 Å². The van der Waals surface area contributed by atoms with Gasteiger partial charge in [-0.15, -0.1) is 0 Å². The van der Waals surface area contributed by atoms with Crippen LogP contribution in [0, 0.1) is 5.92 Å². The first kappa shape index (κ1) is 11.5. The van der Waals surface area contributed by atoms with Gasteiger partial charge in [0.25, 0.3) is 0 Å². The van der Waals surface area contributed by atoms with Gasteiger partial charge in [0.1, 0.15) is 6.29 Å². The molecule has 1 nitrogen and oxygen atoms in total. The molecule has 0 aliphatic heterocycles. The van der Waals surface area contributed by atoms with Gasteiger partial charge in [-0.1, -0.05) is 37.8 Å². The predicted octanol–water partition coefficient (Wildman–Crippen LogP) is 3.88. The van der Waals surface area contributed by atoms with Crippen molar-refractivity contribution in [3.63, 3.8) is 0 Å². The van der Waals surface area contributed by atoms with Crippen molar-refractivity contribution in [1.82, 2.24) is 0 Å². The van der Waals surface area contributed by atoms with Gasteiger partial charge in [0.05, 0.1) is 0 Å². The van der Waals surface area contributed by atoms with Gasteiger partial charge in [-0.2, -0.15) is 0 Å². The minimum absolute atomic E-state index is 0.714. The molecule has 0 aromatic carbocycles. The topological polar surface area (TPSA) is 17.1 Å². The lowest BCUT2D eigenvalue weighted by atomic mass is 9.85. The van der Waals surface area contributed by atoms with Gasteiger partial charge in [-0.3, -0.25) is 0 Å². The lowest BCUT2D eigenvalue weighted by Gasteiger charge is -2.21. The normalized spacial score (nSPS) is 21.8. The molecule has 0 amide bonds. The molecule has 1 atom stereocenters. The average Bonchev–Trinajstić information content (AvgIpc) is 2.25. The van der Waals surface area contributed by atoms with Gasteiger partial charge in [-0.25, -0.2) is 0 Å². The van der Waals surface area contributed by atoms with E-state index < -0.39 is 0 Å². The van der Waals surface area contributed by atoms with Crippen LogP contribution in [-0.4, -0.2) is 6.29 Å². The van der Waals surface area contributed by atoms with E-state index in [1.165, 1.54) is 44.1 Å². The van der Waals surface area contributed by atoms with Crippen molar-refractivity contribution in [1.29, 1.82) is 0 Å². The minimum atomic E-state index is 0.714. The van der Waals surface area contributed by atoms with E-state index in [-0.39, 0.29) is 0 Å². The Morgan fingerprint density at radius 2 is 2.43 bits per heavy atom. The van der Waals surface area contributed by atoms with Gasteiger partial charge < -0.3 is 4.79 Å². The van der Waals surface area contributed by atoms with Crippen molar-refractivity contribution in [3.8, 4) is 0 Å². The van der Waals surface area contributed by atoms with Crippen LogP contribution in [0.4, 0.5) is 0 Å². The van der Waals surface area contributed by atoms with Crippen LogP contribution >= 0.6 is 0 Å². The average molecular weight is 195 g/mol. The van der Waals surface area contributed by atoms with Crippen molar-refractivity contribution in [2.24, 2.45) is 5.92 Å². The minimum Gasteiger partial charge on any atom is -0.303 e. The molecule has 1 aliphatic rings. The highest BCUT2D eigenvalue weighted by molar-refractivity contribution is 5.49. The molecule has 1 heteroatoms. The summed E-state index contributed by atoms with van der Waals surface area (Å²) in [4.78, 5) is 10.2. The Morgan fingerprint density at radius 3 is 3.00 bits per heavy atom. The molecule has 0 aromatic heterocycles. The zero-order valence-corrected chi connectivity index (χ0v) is 9.30. The highest BCUT2D eigenvalue weighted by atomic mass is 16.2. The van der Waals surface area contributed by atoms with Crippen LogP contribution in [0.5, 0.6) is 0 Å². The Bertz CT molecular complexity index is 193. The smallest absolute Gasteiger partial charge is 0.120 e. The molecular formula is C13H22O. The predicted molar refractivity (Wildman–Crippen MR) is 60.2 cm³/mol. The molecule has 0 heterocycles. The van der Waals surface area contributed by atoms with Crippen molar-refractivity contribution < 1.29 is 4.79 Å². The Kier molecular flexibility index (Phi) is 5.58. The second kappa shape index (κ2) is 6.80. The van der Waals surface area contributed by atoms with E-state index in [4.69, 9.17) is 0 Å². The molecule has 0 spiro atoms. The summed E-state index contributed by atoms with van der Waals surface area (Å²) in [5, 5.41) is 0. The lowest BCUT2D eigenvalue weighted by Crippen LogP contribution is -2.05. The first-order valence-electron chi connectivity index (χ1n) is 5.98. The number of rotatable bonds is 6. The highest BCUT2D eigenvalue weighted by Gasteiger charge is 2.13. The zero-order valence-electron chi connectivity index (χ0n) is 9.30. The van der Waals surface area contributed by atoms with Crippen LogP contribution < -0.4 is 0 Å². The fourth-order valence-corrected chi connectivity index (χ4v) is 2.17. The third kappa shape index (κ3) is 4.08. The van der Waals surface area contributed by atoms with E-state index in [0.29, 0.717) is 6.42 Å². The number of carbonyl (C=O) groups is 1. The summed E-state index contributed by atoms with van der Waals surface area (Å²) in [7, 11) is 0. The highest BCUT2D eigenvalue weighted by Crippen LogP contribution is 2.29. The summed E-state index contributed by atoms with van der Waals surface area (Å²) in [6.45, 7) is 2.26. The number of aldehydes is 1. The van der Waals surface area contributed by atoms with Gasteiger partial charge >= 0.3 is 0 Å². The molecular weight excluding hydrogens is 173 g/mol. The molecule has 0 saturated heterocycles. The van der Waals surface area contributed by atoms with E-state index in [0.717, 1.165) is 18.6 Å². The Labute approximate surface area is 87.6 Å². The number of hydrogen-bond acceptors (Lipinski definition) is 1. The van der Waals surface area contributed by atoms with Crippen molar-refractivity contribution >= 4 is 6.29 Å². The Balaban J connectivity index is 2.21. The molecule has 80 valence electrons. The second-order valence-electron chi connectivity index (χ2n) is 4.35. The summed E-state index contributed by atoms with van der Waals surface area (Å²) >= 11 is 0. The van der Waals surface area contributed by atoms with E-state index in [1.54, 1.807) is 0 Å². The summed E-state index contributed by atoms with van der Waals surface area (Å²) in [6.07, 6.45) is 13.1. The maximum atomic E-state index is 10.2. The van der Waals surface area contributed by atoms with Crippen LogP contribution in [0.25, 0.3) is 0 Å². The SMILES string of the molecule is CCCCC1CC=C(CC[13CH]=O)CC1. The summed E-state index contributed by atoms with van der Waals surface area (Å²) in [6, 6.07) is 0. The fraction of sp³-hybridized carbons (Fsp3) is 0.769. The molecule has 0 radical (unpaired) electrons. The number of unbranched alkanes of at least 4 members (excludes halogenated alkanes) is 1. The maximum absolute atomic E-state index is 10.2. The van der Waals surface area contributed by atoms with Gasteiger partial charge in [-0.05, 0) is 31.6 Å². The third-order valence-corrected chi connectivity index (χ3v) is 3.16. The maximum Gasteiger partial charge on any atom is 0.120 e. The standard InChI is InChI=1S/C13H22O/c1-2-3-5-12-7-9-13(10-8-12)6-4-11-14/h9,11-12H,2-8,10H2,1H3/i11+1. The molecule has 0 N–H and O–H groups in total.